The highest BCUT2D eigenvalue weighted by Crippen LogP contribution is 2.07. The summed E-state index contributed by atoms with van der Waals surface area (Å²) in [7, 11) is 0. The molecule has 4 N–H and O–H groups in total. The van der Waals surface area contributed by atoms with Crippen LogP contribution in [0.25, 0.3) is 0 Å². The van der Waals surface area contributed by atoms with Crippen molar-refractivity contribution in [1.82, 2.24) is 10.6 Å². The van der Waals surface area contributed by atoms with E-state index in [0.717, 1.165) is 24.3 Å². The van der Waals surface area contributed by atoms with E-state index in [0.29, 0.717) is 25.0 Å². The van der Waals surface area contributed by atoms with Crippen molar-refractivity contribution in [3.8, 4) is 0 Å². The van der Waals surface area contributed by atoms with Gasteiger partial charge >= 0.3 is 0 Å². The zero-order valence-corrected chi connectivity index (χ0v) is 15.7. The van der Waals surface area contributed by atoms with E-state index in [4.69, 9.17) is 5.73 Å². The van der Waals surface area contributed by atoms with Crippen molar-refractivity contribution in [1.29, 1.82) is 0 Å². The molecule has 7 heteroatoms. The average molecular weight is 424 g/mol. The van der Waals surface area contributed by atoms with Crippen LogP contribution in [0.1, 0.15) is 36.4 Å². The van der Waals surface area contributed by atoms with Crippen LogP contribution in [0, 0.1) is 5.92 Å². The summed E-state index contributed by atoms with van der Waals surface area (Å²) in [4.78, 5) is 16.6. The molecule has 0 fully saturated rings. The summed E-state index contributed by atoms with van der Waals surface area (Å²) in [6.07, 6.45) is 1.86. The Hall–Kier alpha value is -0.830. The van der Waals surface area contributed by atoms with E-state index >= 15 is 0 Å². The SMILES string of the molecule is CC(C)CCNC(N)=NCCCNC(=O)c1cccs1.I. The van der Waals surface area contributed by atoms with Gasteiger partial charge in [0.2, 0.25) is 0 Å². The maximum atomic E-state index is 11.6. The summed E-state index contributed by atoms with van der Waals surface area (Å²) in [5.41, 5.74) is 5.73. The summed E-state index contributed by atoms with van der Waals surface area (Å²) < 4.78 is 0. The van der Waals surface area contributed by atoms with E-state index in [9.17, 15) is 4.79 Å². The van der Waals surface area contributed by atoms with Gasteiger partial charge in [0.1, 0.15) is 0 Å². The van der Waals surface area contributed by atoms with Crippen LogP contribution in [-0.4, -0.2) is 31.5 Å². The number of nitrogens with one attached hydrogen (secondary N) is 2. The molecular formula is C14H25IN4OS. The normalized spacial score (nSPS) is 11.1. The number of guanidine groups is 1. The third kappa shape index (κ3) is 9.67. The molecule has 0 aromatic carbocycles. The van der Waals surface area contributed by atoms with Crippen LogP contribution in [0.3, 0.4) is 0 Å². The Kier molecular flexibility index (Phi) is 11.3. The Morgan fingerprint density at radius 2 is 2.14 bits per heavy atom. The fourth-order valence-electron chi connectivity index (χ4n) is 1.52. The Bertz CT molecular complexity index is 421. The van der Waals surface area contributed by atoms with Crippen LogP contribution in [0.5, 0.6) is 0 Å². The number of carbonyl (C=O) groups excluding carboxylic acids is 1. The lowest BCUT2D eigenvalue weighted by molar-refractivity contribution is 0.0957. The second-order valence-corrected chi connectivity index (χ2v) is 5.91. The van der Waals surface area contributed by atoms with Crippen LogP contribution in [-0.2, 0) is 0 Å². The first kappa shape index (κ1) is 20.2. The molecule has 1 aromatic heterocycles. The van der Waals surface area contributed by atoms with Crippen molar-refractivity contribution < 1.29 is 4.79 Å². The van der Waals surface area contributed by atoms with E-state index in [1.54, 1.807) is 0 Å². The Morgan fingerprint density at radius 3 is 2.76 bits per heavy atom. The van der Waals surface area contributed by atoms with Gasteiger partial charge in [-0.3, -0.25) is 9.79 Å². The molecule has 120 valence electrons. The van der Waals surface area contributed by atoms with E-state index in [1.807, 2.05) is 17.5 Å². The zero-order valence-electron chi connectivity index (χ0n) is 12.6. The highest BCUT2D eigenvalue weighted by molar-refractivity contribution is 14.0. The molecule has 0 aliphatic rings. The summed E-state index contributed by atoms with van der Waals surface area (Å²) in [5, 5.41) is 7.83. The molecule has 0 bridgehead atoms. The Balaban J connectivity index is 0.00000400. The first-order chi connectivity index (χ1) is 9.59. The van der Waals surface area contributed by atoms with Crippen molar-refractivity contribution in [3.63, 3.8) is 0 Å². The minimum absolute atomic E-state index is 0. The van der Waals surface area contributed by atoms with Crippen molar-refractivity contribution in [2.75, 3.05) is 19.6 Å². The van der Waals surface area contributed by atoms with Gasteiger partial charge in [-0.2, -0.15) is 0 Å². The van der Waals surface area contributed by atoms with E-state index in [-0.39, 0.29) is 29.9 Å². The van der Waals surface area contributed by atoms with Crippen LogP contribution < -0.4 is 16.4 Å². The number of hydrogen-bond acceptors (Lipinski definition) is 3. The zero-order chi connectivity index (χ0) is 14.8. The molecule has 0 saturated carbocycles. The summed E-state index contributed by atoms with van der Waals surface area (Å²) >= 11 is 1.44. The van der Waals surface area contributed by atoms with Gasteiger partial charge in [-0.05, 0) is 30.2 Å². The molecule has 1 amide bonds. The van der Waals surface area contributed by atoms with Crippen molar-refractivity contribution in [2.24, 2.45) is 16.6 Å². The Labute approximate surface area is 147 Å². The number of nitrogens with zero attached hydrogens (tertiary/aromatic N) is 1. The lowest BCUT2D eigenvalue weighted by Crippen LogP contribution is -2.33. The number of aliphatic imine (C=N–C) groups is 1. The molecule has 1 aromatic rings. The third-order valence-electron chi connectivity index (χ3n) is 2.68. The maximum Gasteiger partial charge on any atom is 0.261 e. The fourth-order valence-corrected chi connectivity index (χ4v) is 2.16. The number of amides is 1. The minimum atomic E-state index is -0.0213. The van der Waals surface area contributed by atoms with Gasteiger partial charge in [-0.25, -0.2) is 0 Å². The van der Waals surface area contributed by atoms with Gasteiger partial charge in [-0.15, -0.1) is 35.3 Å². The monoisotopic (exact) mass is 424 g/mol. The quantitative estimate of drug-likeness (QED) is 0.260. The standard InChI is InChI=1S/C14H24N4OS.HI/c1-11(2)6-9-18-14(15)17-8-4-7-16-13(19)12-5-3-10-20-12;/h3,5,10-11H,4,6-9H2,1-2H3,(H,16,19)(H3,15,17,18);1H. The second kappa shape index (κ2) is 11.8. The number of nitrogens with two attached hydrogens (primary N) is 1. The number of halogens is 1. The summed E-state index contributed by atoms with van der Waals surface area (Å²) in [6.45, 7) is 6.42. The predicted octanol–water partition coefficient (Wildman–Crippen LogP) is 2.44. The molecule has 0 radical (unpaired) electrons. The lowest BCUT2D eigenvalue weighted by Gasteiger charge is -2.07. The number of hydrogen-bond donors (Lipinski definition) is 3. The predicted molar refractivity (Wildman–Crippen MR) is 101 cm³/mol. The molecule has 0 saturated heterocycles. The largest absolute Gasteiger partial charge is 0.370 e. The first-order valence-corrected chi connectivity index (χ1v) is 7.83. The molecule has 0 aliphatic carbocycles. The van der Waals surface area contributed by atoms with E-state index in [1.165, 1.54) is 11.3 Å². The van der Waals surface area contributed by atoms with E-state index < -0.39 is 0 Å². The molecule has 0 aliphatic heterocycles. The number of carbonyl (C=O) groups is 1. The molecule has 1 rings (SSSR count). The molecule has 0 unspecified atom stereocenters. The first-order valence-electron chi connectivity index (χ1n) is 6.95. The van der Waals surface area contributed by atoms with Crippen LogP contribution in [0.2, 0.25) is 0 Å². The molecular weight excluding hydrogens is 399 g/mol. The average Bonchev–Trinajstić information content (AvgIpc) is 2.91. The summed E-state index contributed by atoms with van der Waals surface area (Å²) in [5.74, 6) is 1.12. The van der Waals surface area contributed by atoms with Crippen LogP contribution in [0.4, 0.5) is 0 Å². The fraction of sp³-hybridized carbons (Fsp3) is 0.571. The molecule has 1 heterocycles. The lowest BCUT2D eigenvalue weighted by atomic mass is 10.1. The molecule has 0 spiro atoms. The number of rotatable bonds is 8. The minimum Gasteiger partial charge on any atom is -0.370 e. The molecule has 0 atom stereocenters. The highest BCUT2D eigenvalue weighted by atomic mass is 127. The maximum absolute atomic E-state index is 11.6. The van der Waals surface area contributed by atoms with Gasteiger partial charge in [0.25, 0.3) is 5.91 Å². The molecule has 5 nitrogen and oxygen atoms in total. The smallest absolute Gasteiger partial charge is 0.261 e. The third-order valence-corrected chi connectivity index (χ3v) is 3.54. The number of thiophene rings is 1. The molecule has 21 heavy (non-hydrogen) atoms. The second-order valence-electron chi connectivity index (χ2n) is 4.96. The van der Waals surface area contributed by atoms with E-state index in [2.05, 4.69) is 29.5 Å². The van der Waals surface area contributed by atoms with Gasteiger partial charge < -0.3 is 16.4 Å². The van der Waals surface area contributed by atoms with Gasteiger partial charge in [0, 0.05) is 19.6 Å². The van der Waals surface area contributed by atoms with Crippen molar-refractivity contribution in [3.05, 3.63) is 22.4 Å². The van der Waals surface area contributed by atoms with Crippen molar-refractivity contribution >= 4 is 47.2 Å². The van der Waals surface area contributed by atoms with Gasteiger partial charge in [0.15, 0.2) is 5.96 Å². The van der Waals surface area contributed by atoms with Crippen LogP contribution in [0.15, 0.2) is 22.5 Å². The van der Waals surface area contributed by atoms with Crippen LogP contribution >= 0.6 is 35.3 Å². The topological polar surface area (TPSA) is 79.5 Å². The van der Waals surface area contributed by atoms with Gasteiger partial charge in [-0.1, -0.05) is 19.9 Å². The van der Waals surface area contributed by atoms with Crippen molar-refractivity contribution in [2.45, 2.75) is 26.7 Å². The Morgan fingerprint density at radius 1 is 1.38 bits per heavy atom. The van der Waals surface area contributed by atoms with Gasteiger partial charge in [0.05, 0.1) is 4.88 Å². The highest BCUT2D eigenvalue weighted by Gasteiger charge is 2.04. The summed E-state index contributed by atoms with van der Waals surface area (Å²) in [6, 6.07) is 3.68.